The van der Waals surface area contributed by atoms with Crippen LogP contribution in [0.2, 0.25) is 5.02 Å². The summed E-state index contributed by atoms with van der Waals surface area (Å²) in [7, 11) is -3.26. The summed E-state index contributed by atoms with van der Waals surface area (Å²) >= 11 is 5.93. The number of rotatable bonds is 5. The molecule has 0 radical (unpaired) electrons. The lowest BCUT2D eigenvalue weighted by Crippen LogP contribution is -2.36. The fraction of sp³-hybridized carbons (Fsp3) is 0.571. The molecule has 112 valence electrons. The van der Waals surface area contributed by atoms with Crippen molar-refractivity contribution in [3.63, 3.8) is 0 Å². The first kappa shape index (κ1) is 15.8. The van der Waals surface area contributed by atoms with E-state index in [-0.39, 0.29) is 17.7 Å². The number of sulfonamides is 1. The minimum atomic E-state index is -3.26. The van der Waals surface area contributed by atoms with Crippen LogP contribution in [0.3, 0.4) is 0 Å². The van der Waals surface area contributed by atoms with E-state index in [1.807, 2.05) is 19.1 Å². The zero-order valence-corrected chi connectivity index (χ0v) is 13.2. The molecule has 1 heterocycles. The zero-order valence-electron chi connectivity index (χ0n) is 11.6. The topological polar surface area (TPSA) is 58.2 Å². The molecule has 2 rings (SSSR count). The quantitative estimate of drug-likeness (QED) is 0.876. The molecule has 1 aliphatic heterocycles. The number of hydrogen-bond donors (Lipinski definition) is 2. The van der Waals surface area contributed by atoms with Crippen molar-refractivity contribution in [3.8, 4) is 0 Å². The van der Waals surface area contributed by atoms with Crippen LogP contribution in [-0.4, -0.2) is 27.3 Å². The van der Waals surface area contributed by atoms with E-state index >= 15 is 0 Å². The maximum absolute atomic E-state index is 12.2. The predicted molar refractivity (Wildman–Crippen MR) is 82.4 cm³/mol. The fourth-order valence-corrected chi connectivity index (χ4v) is 4.44. The predicted octanol–water partition coefficient (Wildman–Crippen LogP) is 2.32. The van der Waals surface area contributed by atoms with Crippen LogP contribution in [0.25, 0.3) is 0 Å². The van der Waals surface area contributed by atoms with E-state index in [1.54, 1.807) is 12.1 Å². The Bertz CT molecular complexity index is 542. The summed E-state index contributed by atoms with van der Waals surface area (Å²) in [5, 5.41) is 3.86. The van der Waals surface area contributed by atoms with Crippen LogP contribution in [0.15, 0.2) is 24.3 Å². The second-order valence-electron chi connectivity index (χ2n) is 5.37. The van der Waals surface area contributed by atoms with Crippen LogP contribution in [0.5, 0.6) is 0 Å². The van der Waals surface area contributed by atoms with Crippen LogP contribution in [0.1, 0.15) is 31.4 Å². The normalized spacial score (nSPS) is 18.9. The Hall–Kier alpha value is -0.620. The van der Waals surface area contributed by atoms with Crippen molar-refractivity contribution in [3.05, 3.63) is 34.9 Å². The van der Waals surface area contributed by atoms with Crippen molar-refractivity contribution >= 4 is 21.6 Å². The molecule has 1 fully saturated rings. The van der Waals surface area contributed by atoms with Crippen molar-refractivity contribution in [2.75, 3.05) is 18.8 Å². The summed E-state index contributed by atoms with van der Waals surface area (Å²) in [6, 6.07) is 7.01. The molecule has 2 N–H and O–H groups in total. The molecule has 0 saturated carbocycles. The average molecular weight is 317 g/mol. The van der Waals surface area contributed by atoms with Crippen molar-refractivity contribution in [1.82, 2.24) is 10.0 Å². The lowest BCUT2D eigenvalue weighted by atomic mass is 10.0. The van der Waals surface area contributed by atoms with Crippen LogP contribution in [0.4, 0.5) is 0 Å². The minimum absolute atomic E-state index is 0.208. The molecule has 1 aliphatic rings. The molecule has 0 bridgehead atoms. The first-order valence-corrected chi connectivity index (χ1v) is 8.95. The fourth-order valence-electron chi connectivity index (χ4n) is 2.52. The Labute approximate surface area is 126 Å². The van der Waals surface area contributed by atoms with Gasteiger partial charge in [0.15, 0.2) is 0 Å². The van der Waals surface area contributed by atoms with Gasteiger partial charge in [0.1, 0.15) is 0 Å². The van der Waals surface area contributed by atoms with Gasteiger partial charge in [-0.1, -0.05) is 23.7 Å². The molecule has 0 amide bonds. The molecular weight excluding hydrogens is 296 g/mol. The van der Waals surface area contributed by atoms with E-state index in [9.17, 15) is 8.42 Å². The molecule has 1 aromatic carbocycles. The smallest absolute Gasteiger partial charge is 0.212 e. The summed E-state index contributed by atoms with van der Waals surface area (Å²) in [6.07, 6.45) is 1.85. The lowest BCUT2D eigenvalue weighted by Gasteiger charge is -2.23. The van der Waals surface area contributed by atoms with Crippen LogP contribution in [-0.2, 0) is 10.0 Å². The first-order valence-electron chi connectivity index (χ1n) is 6.92. The summed E-state index contributed by atoms with van der Waals surface area (Å²) in [5.74, 6) is 0.458. The molecule has 0 aromatic heterocycles. The van der Waals surface area contributed by atoms with Crippen LogP contribution < -0.4 is 10.0 Å². The molecule has 1 unspecified atom stereocenters. The highest BCUT2D eigenvalue weighted by molar-refractivity contribution is 7.89. The highest BCUT2D eigenvalue weighted by Crippen LogP contribution is 2.19. The Morgan fingerprint density at radius 3 is 2.75 bits per heavy atom. The Morgan fingerprint density at radius 2 is 2.10 bits per heavy atom. The number of piperidine rings is 1. The monoisotopic (exact) mass is 316 g/mol. The molecule has 1 aromatic rings. The third-order valence-electron chi connectivity index (χ3n) is 3.62. The van der Waals surface area contributed by atoms with Gasteiger partial charge in [-0.25, -0.2) is 13.1 Å². The second kappa shape index (κ2) is 6.89. The van der Waals surface area contributed by atoms with Crippen LogP contribution >= 0.6 is 11.6 Å². The average Bonchev–Trinajstić information content (AvgIpc) is 2.38. The number of nitrogens with one attached hydrogen (secondary N) is 2. The van der Waals surface area contributed by atoms with E-state index in [0.717, 1.165) is 31.5 Å². The lowest BCUT2D eigenvalue weighted by molar-refractivity contribution is 0.399. The van der Waals surface area contributed by atoms with E-state index in [2.05, 4.69) is 10.0 Å². The number of hydrogen-bond acceptors (Lipinski definition) is 3. The summed E-state index contributed by atoms with van der Waals surface area (Å²) < 4.78 is 27.1. The minimum Gasteiger partial charge on any atom is -0.317 e. The third-order valence-corrected chi connectivity index (χ3v) is 5.48. The second-order valence-corrected chi connectivity index (χ2v) is 7.60. The van der Waals surface area contributed by atoms with Gasteiger partial charge >= 0.3 is 0 Å². The molecular formula is C14H21ClN2O2S. The SMILES string of the molecule is CC(NS(=O)(=O)CC1CCNCC1)c1cccc(Cl)c1. The number of benzene rings is 1. The molecule has 1 saturated heterocycles. The Morgan fingerprint density at radius 1 is 1.40 bits per heavy atom. The summed E-state index contributed by atoms with van der Waals surface area (Å²) in [5.41, 5.74) is 0.881. The molecule has 4 nitrogen and oxygen atoms in total. The van der Waals surface area contributed by atoms with Crippen molar-refractivity contribution in [2.24, 2.45) is 5.92 Å². The van der Waals surface area contributed by atoms with Crippen LogP contribution in [0, 0.1) is 5.92 Å². The van der Waals surface area contributed by atoms with Crippen molar-refractivity contribution in [1.29, 1.82) is 0 Å². The van der Waals surface area contributed by atoms with Crippen molar-refractivity contribution < 1.29 is 8.42 Å². The van der Waals surface area contributed by atoms with Gasteiger partial charge in [0.25, 0.3) is 0 Å². The first-order chi connectivity index (χ1) is 9.46. The molecule has 1 atom stereocenters. The Kier molecular flexibility index (Phi) is 5.43. The van der Waals surface area contributed by atoms with E-state index < -0.39 is 10.0 Å². The van der Waals surface area contributed by atoms with Gasteiger partial charge in [-0.3, -0.25) is 0 Å². The van der Waals surface area contributed by atoms with Gasteiger partial charge in [0.2, 0.25) is 10.0 Å². The summed E-state index contributed by atoms with van der Waals surface area (Å²) in [6.45, 7) is 3.65. The molecule has 20 heavy (non-hydrogen) atoms. The van der Waals surface area contributed by atoms with E-state index in [0.29, 0.717) is 5.02 Å². The van der Waals surface area contributed by atoms with Gasteiger partial charge in [0.05, 0.1) is 5.75 Å². The highest BCUT2D eigenvalue weighted by atomic mass is 35.5. The van der Waals surface area contributed by atoms with Gasteiger partial charge in [-0.05, 0) is 56.5 Å². The maximum atomic E-state index is 12.2. The molecule has 0 spiro atoms. The van der Waals surface area contributed by atoms with Gasteiger partial charge in [-0.15, -0.1) is 0 Å². The standard InChI is InChI=1S/C14H21ClN2O2S/c1-11(13-3-2-4-14(15)9-13)17-20(18,19)10-12-5-7-16-8-6-12/h2-4,9,11-12,16-17H,5-8,10H2,1H3. The van der Waals surface area contributed by atoms with Gasteiger partial charge in [-0.2, -0.15) is 0 Å². The Balaban J connectivity index is 1.96. The molecule has 6 heteroatoms. The van der Waals surface area contributed by atoms with E-state index in [4.69, 9.17) is 11.6 Å². The number of halogens is 1. The van der Waals surface area contributed by atoms with Gasteiger partial charge < -0.3 is 5.32 Å². The largest absolute Gasteiger partial charge is 0.317 e. The summed E-state index contributed by atoms with van der Waals surface area (Å²) in [4.78, 5) is 0. The maximum Gasteiger partial charge on any atom is 0.212 e. The van der Waals surface area contributed by atoms with Crippen molar-refractivity contribution in [2.45, 2.75) is 25.8 Å². The van der Waals surface area contributed by atoms with Gasteiger partial charge in [0, 0.05) is 11.1 Å². The van der Waals surface area contributed by atoms with E-state index in [1.165, 1.54) is 0 Å². The highest BCUT2D eigenvalue weighted by Gasteiger charge is 2.23. The zero-order chi connectivity index (χ0) is 14.6. The third kappa shape index (κ3) is 4.74. The molecule has 0 aliphatic carbocycles.